The summed E-state index contributed by atoms with van der Waals surface area (Å²) in [5, 5.41) is 31.4. The van der Waals surface area contributed by atoms with Gasteiger partial charge in [0.15, 0.2) is 0 Å². The van der Waals surface area contributed by atoms with Crippen LogP contribution in [0.25, 0.3) is 0 Å². The Hall–Kier alpha value is -2.20. The van der Waals surface area contributed by atoms with E-state index in [0.717, 1.165) is 0 Å². The number of hydrogen-bond donors (Lipinski definition) is 4. The van der Waals surface area contributed by atoms with Gasteiger partial charge in [0.1, 0.15) is 18.6 Å². The molecule has 1 atom stereocenters. The normalized spacial score (nSPS) is 13.3. The molecule has 0 radical (unpaired) electrons. The zero-order valence-corrected chi connectivity index (χ0v) is 17.6. The number of aliphatic hydroxyl groups excluding tert-OH is 2. The first-order valence-electron chi connectivity index (χ1n) is 10.3. The Kier molecular flexibility index (Phi) is 9.89. The van der Waals surface area contributed by atoms with Gasteiger partial charge in [-0.1, -0.05) is 36.4 Å². The van der Waals surface area contributed by atoms with Gasteiger partial charge >= 0.3 is 0 Å². The maximum Gasteiger partial charge on any atom is 0.296 e. The monoisotopic (exact) mass is 459 g/mol. The van der Waals surface area contributed by atoms with Crippen LogP contribution in [0, 0.1) is 0 Å². The first kappa shape index (κ1) is 26.1. The van der Waals surface area contributed by atoms with Gasteiger partial charge in [-0.05, 0) is 30.7 Å². The summed E-state index contributed by atoms with van der Waals surface area (Å²) in [4.78, 5) is 0. The highest BCUT2D eigenvalue weighted by molar-refractivity contribution is 5.35. The van der Waals surface area contributed by atoms with Crippen LogP contribution in [0.4, 0.5) is 17.6 Å². The van der Waals surface area contributed by atoms with Crippen molar-refractivity contribution in [2.75, 3.05) is 19.8 Å². The molecule has 0 saturated carbocycles. The third-order valence-corrected chi connectivity index (χ3v) is 4.93. The van der Waals surface area contributed by atoms with Crippen molar-refractivity contribution in [2.45, 2.75) is 50.4 Å². The molecule has 5 nitrogen and oxygen atoms in total. The molecule has 0 amide bonds. The third kappa shape index (κ3) is 8.74. The van der Waals surface area contributed by atoms with Gasteiger partial charge in [-0.2, -0.15) is 8.78 Å². The Morgan fingerprint density at radius 2 is 1.72 bits per heavy atom. The fourth-order valence-electron chi connectivity index (χ4n) is 3.12. The Labute approximate surface area is 184 Å². The number of ether oxygens (including phenoxy) is 1. The van der Waals surface area contributed by atoms with Crippen LogP contribution in [0.5, 0.6) is 5.75 Å². The molecule has 0 fully saturated rings. The predicted octanol–water partition coefficient (Wildman–Crippen LogP) is 3.95. The van der Waals surface area contributed by atoms with Crippen LogP contribution in [0.1, 0.15) is 36.0 Å². The van der Waals surface area contributed by atoms with E-state index in [1.165, 1.54) is 30.3 Å². The number of benzene rings is 2. The van der Waals surface area contributed by atoms with Gasteiger partial charge in [0.05, 0.1) is 13.2 Å². The van der Waals surface area contributed by atoms with Crippen LogP contribution in [0.3, 0.4) is 0 Å². The van der Waals surface area contributed by atoms with Crippen molar-refractivity contribution in [3.63, 3.8) is 0 Å². The molecular formula is C23H29F4NO4. The third-order valence-electron chi connectivity index (χ3n) is 4.93. The van der Waals surface area contributed by atoms with Crippen LogP contribution in [-0.4, -0.2) is 47.2 Å². The summed E-state index contributed by atoms with van der Waals surface area (Å²) in [6.07, 6.45) is -1.88. The average molecular weight is 459 g/mol. The Morgan fingerprint density at radius 1 is 1.00 bits per heavy atom. The number of nitrogens with one attached hydrogen (secondary N) is 1. The average Bonchev–Trinajstić information content (AvgIpc) is 2.76. The standard InChI is InChI=1S/C23H29F4NO4/c24-22(25,10-12-32-16-23(26,27)19-5-2-1-3-6-19)9-4-11-28-21(31)14-17-7-8-20(30)18(13-17)15-29/h1-3,5-8,13,21,28-31H,4,9-12,14-16H2. The van der Waals surface area contributed by atoms with E-state index in [-0.39, 0.29) is 37.3 Å². The molecule has 0 spiro atoms. The van der Waals surface area contributed by atoms with Gasteiger partial charge in [-0.15, -0.1) is 0 Å². The molecule has 2 rings (SSSR count). The largest absolute Gasteiger partial charge is 0.508 e. The summed E-state index contributed by atoms with van der Waals surface area (Å²) < 4.78 is 60.6. The molecule has 0 bridgehead atoms. The van der Waals surface area contributed by atoms with Crippen LogP contribution in [-0.2, 0) is 23.7 Å². The van der Waals surface area contributed by atoms with E-state index in [9.17, 15) is 27.8 Å². The van der Waals surface area contributed by atoms with Crippen molar-refractivity contribution in [3.8, 4) is 5.75 Å². The number of alkyl halides is 4. The van der Waals surface area contributed by atoms with Crippen molar-refractivity contribution >= 4 is 0 Å². The van der Waals surface area contributed by atoms with Crippen molar-refractivity contribution < 1.29 is 37.6 Å². The molecule has 0 aromatic heterocycles. The summed E-state index contributed by atoms with van der Waals surface area (Å²) in [6, 6.07) is 11.6. The lowest BCUT2D eigenvalue weighted by molar-refractivity contribution is -0.100. The summed E-state index contributed by atoms with van der Waals surface area (Å²) in [6.45, 7) is -1.66. The minimum absolute atomic E-state index is 0.0475. The Bertz CT molecular complexity index is 821. The zero-order chi connectivity index (χ0) is 23.6. The predicted molar refractivity (Wildman–Crippen MR) is 112 cm³/mol. The van der Waals surface area contributed by atoms with E-state index >= 15 is 0 Å². The fourth-order valence-corrected chi connectivity index (χ4v) is 3.12. The van der Waals surface area contributed by atoms with E-state index < -0.39 is 44.1 Å². The van der Waals surface area contributed by atoms with E-state index in [1.807, 2.05) is 0 Å². The fraction of sp³-hybridized carbons (Fsp3) is 0.478. The smallest absolute Gasteiger partial charge is 0.296 e. The topological polar surface area (TPSA) is 82.0 Å². The molecule has 0 heterocycles. The maximum absolute atomic E-state index is 14.0. The number of aromatic hydroxyl groups is 1. The van der Waals surface area contributed by atoms with Crippen molar-refractivity contribution in [2.24, 2.45) is 0 Å². The summed E-state index contributed by atoms with van der Waals surface area (Å²) in [7, 11) is 0. The summed E-state index contributed by atoms with van der Waals surface area (Å²) in [5.74, 6) is -6.36. The van der Waals surface area contributed by atoms with Crippen LogP contribution >= 0.6 is 0 Å². The molecular weight excluding hydrogens is 430 g/mol. The minimum atomic E-state index is -3.24. The SMILES string of the molecule is OCc1cc(CC(O)NCCCC(F)(F)CCOCC(F)(F)c2ccccc2)ccc1O. The second kappa shape index (κ2) is 12.2. The Balaban J connectivity index is 1.63. The number of phenols is 1. The van der Waals surface area contributed by atoms with Gasteiger partial charge in [0.25, 0.3) is 5.92 Å². The second-order valence-electron chi connectivity index (χ2n) is 7.63. The van der Waals surface area contributed by atoms with Crippen LogP contribution in [0.2, 0.25) is 0 Å². The van der Waals surface area contributed by atoms with E-state index in [1.54, 1.807) is 18.2 Å². The van der Waals surface area contributed by atoms with Gasteiger partial charge < -0.3 is 20.1 Å². The van der Waals surface area contributed by atoms with Crippen molar-refractivity contribution in [1.82, 2.24) is 5.32 Å². The molecule has 2 aromatic rings. The highest BCUT2D eigenvalue weighted by atomic mass is 19.3. The van der Waals surface area contributed by atoms with Crippen molar-refractivity contribution in [1.29, 1.82) is 0 Å². The van der Waals surface area contributed by atoms with Gasteiger partial charge in [0, 0.05) is 30.4 Å². The Morgan fingerprint density at radius 3 is 2.41 bits per heavy atom. The molecule has 0 saturated heterocycles. The number of hydrogen-bond acceptors (Lipinski definition) is 5. The van der Waals surface area contributed by atoms with Gasteiger partial charge in [-0.3, -0.25) is 5.32 Å². The molecule has 2 aromatic carbocycles. The molecule has 0 aliphatic heterocycles. The molecule has 4 N–H and O–H groups in total. The van der Waals surface area contributed by atoms with E-state index in [4.69, 9.17) is 9.84 Å². The highest BCUT2D eigenvalue weighted by Crippen LogP contribution is 2.29. The number of aliphatic hydroxyl groups is 2. The molecule has 0 aliphatic rings. The molecule has 9 heteroatoms. The number of rotatable bonds is 14. The molecule has 1 unspecified atom stereocenters. The lowest BCUT2D eigenvalue weighted by atomic mass is 10.1. The van der Waals surface area contributed by atoms with Crippen LogP contribution in [0.15, 0.2) is 48.5 Å². The van der Waals surface area contributed by atoms with Crippen LogP contribution < -0.4 is 5.32 Å². The van der Waals surface area contributed by atoms with E-state index in [0.29, 0.717) is 11.1 Å². The first-order chi connectivity index (χ1) is 15.1. The summed E-state index contributed by atoms with van der Waals surface area (Å²) in [5.41, 5.74) is 0.774. The maximum atomic E-state index is 14.0. The molecule has 178 valence electrons. The summed E-state index contributed by atoms with van der Waals surface area (Å²) >= 11 is 0. The van der Waals surface area contributed by atoms with E-state index in [2.05, 4.69) is 5.32 Å². The first-order valence-corrected chi connectivity index (χ1v) is 10.3. The number of halogens is 4. The minimum Gasteiger partial charge on any atom is -0.508 e. The van der Waals surface area contributed by atoms with Crippen molar-refractivity contribution in [3.05, 3.63) is 65.2 Å². The van der Waals surface area contributed by atoms with Gasteiger partial charge in [0.2, 0.25) is 5.92 Å². The lowest BCUT2D eigenvalue weighted by Crippen LogP contribution is -2.32. The molecule has 0 aliphatic carbocycles. The zero-order valence-electron chi connectivity index (χ0n) is 17.6. The molecule has 32 heavy (non-hydrogen) atoms. The highest BCUT2D eigenvalue weighted by Gasteiger charge is 2.33. The lowest BCUT2D eigenvalue weighted by Gasteiger charge is -2.20. The quantitative estimate of drug-likeness (QED) is 0.195. The van der Waals surface area contributed by atoms with Gasteiger partial charge in [-0.25, -0.2) is 8.78 Å². The second-order valence-corrected chi connectivity index (χ2v) is 7.63.